The van der Waals surface area contributed by atoms with E-state index in [4.69, 9.17) is 23.2 Å². The maximum Gasteiger partial charge on any atom is 0.0595 e. The van der Waals surface area contributed by atoms with Gasteiger partial charge in [-0.15, -0.1) is 0 Å². The molecular formula is C19H20Cl2. The first kappa shape index (κ1) is 14.9. The molecule has 2 atom stereocenters. The Morgan fingerprint density at radius 3 is 2.29 bits per heavy atom. The van der Waals surface area contributed by atoms with Crippen molar-refractivity contribution in [2.24, 2.45) is 5.92 Å². The normalized spacial score (nSPS) is 21.4. The molecule has 2 aromatic carbocycles. The van der Waals surface area contributed by atoms with Crippen LogP contribution in [0.15, 0.2) is 42.5 Å². The summed E-state index contributed by atoms with van der Waals surface area (Å²) in [6.07, 6.45) is 2.41. The van der Waals surface area contributed by atoms with Crippen LogP contribution in [0.5, 0.6) is 0 Å². The average molecular weight is 319 g/mol. The van der Waals surface area contributed by atoms with E-state index >= 15 is 0 Å². The van der Waals surface area contributed by atoms with Crippen LogP contribution in [0.2, 0.25) is 10.0 Å². The van der Waals surface area contributed by atoms with Gasteiger partial charge in [0.2, 0.25) is 0 Å². The lowest BCUT2D eigenvalue weighted by molar-refractivity contribution is 0.417. The number of hydrogen-bond donors (Lipinski definition) is 0. The van der Waals surface area contributed by atoms with E-state index in [1.807, 2.05) is 12.1 Å². The first-order valence-electron chi connectivity index (χ1n) is 7.61. The molecule has 0 spiro atoms. The molecule has 0 bridgehead atoms. The Morgan fingerprint density at radius 1 is 0.905 bits per heavy atom. The third kappa shape index (κ3) is 2.84. The molecule has 2 aromatic rings. The molecule has 0 amide bonds. The molecular weight excluding hydrogens is 299 g/mol. The van der Waals surface area contributed by atoms with Gasteiger partial charge in [0.25, 0.3) is 0 Å². The number of hydrogen-bond acceptors (Lipinski definition) is 0. The van der Waals surface area contributed by atoms with Crippen molar-refractivity contribution in [3.8, 4) is 0 Å². The number of rotatable bonds is 2. The summed E-state index contributed by atoms with van der Waals surface area (Å²) in [5, 5.41) is 1.28. The van der Waals surface area contributed by atoms with Crippen LogP contribution in [-0.4, -0.2) is 0 Å². The Bertz CT molecular complexity index is 646. The van der Waals surface area contributed by atoms with Crippen molar-refractivity contribution in [1.82, 2.24) is 0 Å². The van der Waals surface area contributed by atoms with Crippen LogP contribution in [0.25, 0.3) is 0 Å². The summed E-state index contributed by atoms with van der Waals surface area (Å²) in [5.74, 6) is 1.78. The van der Waals surface area contributed by atoms with Gasteiger partial charge >= 0.3 is 0 Å². The molecule has 1 aliphatic rings. The number of fused-ring (bicyclic) bond motifs is 1. The molecule has 0 aromatic heterocycles. The summed E-state index contributed by atoms with van der Waals surface area (Å²) in [7, 11) is 0. The summed E-state index contributed by atoms with van der Waals surface area (Å²) in [4.78, 5) is 0. The lowest BCUT2D eigenvalue weighted by Crippen LogP contribution is -2.18. The lowest BCUT2D eigenvalue weighted by atomic mass is 9.71. The molecule has 1 aliphatic carbocycles. The van der Waals surface area contributed by atoms with Crippen LogP contribution in [0.4, 0.5) is 0 Å². The Kier molecular flexibility index (Phi) is 4.28. The van der Waals surface area contributed by atoms with Gasteiger partial charge in [0.05, 0.1) is 10.0 Å². The summed E-state index contributed by atoms with van der Waals surface area (Å²) < 4.78 is 0. The zero-order valence-corrected chi connectivity index (χ0v) is 14.0. The molecule has 2 unspecified atom stereocenters. The van der Waals surface area contributed by atoms with E-state index in [2.05, 4.69) is 44.2 Å². The first-order valence-corrected chi connectivity index (χ1v) is 8.37. The Balaban J connectivity index is 2.05. The minimum atomic E-state index is 0.436. The highest BCUT2D eigenvalue weighted by molar-refractivity contribution is 6.42. The summed E-state index contributed by atoms with van der Waals surface area (Å²) in [6, 6.07) is 14.9. The molecule has 0 radical (unpaired) electrons. The van der Waals surface area contributed by atoms with Crippen molar-refractivity contribution >= 4 is 23.2 Å². The van der Waals surface area contributed by atoms with Gasteiger partial charge in [-0.1, -0.05) is 67.4 Å². The lowest BCUT2D eigenvalue weighted by Gasteiger charge is -2.34. The maximum atomic E-state index is 6.21. The molecule has 0 heterocycles. The van der Waals surface area contributed by atoms with Crippen molar-refractivity contribution in [3.05, 3.63) is 69.2 Å². The molecule has 0 fully saturated rings. The van der Waals surface area contributed by atoms with Crippen molar-refractivity contribution < 1.29 is 0 Å². The van der Waals surface area contributed by atoms with E-state index in [-0.39, 0.29) is 0 Å². The van der Waals surface area contributed by atoms with Crippen molar-refractivity contribution in [1.29, 1.82) is 0 Å². The minimum absolute atomic E-state index is 0.436. The third-order valence-corrected chi connectivity index (χ3v) is 5.43. The summed E-state index contributed by atoms with van der Waals surface area (Å²) >= 11 is 12.3. The van der Waals surface area contributed by atoms with Crippen LogP contribution in [0.1, 0.15) is 55.2 Å². The zero-order valence-electron chi connectivity index (χ0n) is 12.4. The van der Waals surface area contributed by atoms with Gasteiger partial charge in [-0.25, -0.2) is 0 Å². The largest absolute Gasteiger partial charge is 0.0827 e. The molecule has 3 rings (SSSR count). The van der Waals surface area contributed by atoms with Gasteiger partial charge in [0, 0.05) is 5.92 Å². The van der Waals surface area contributed by atoms with E-state index in [1.165, 1.54) is 29.5 Å². The van der Waals surface area contributed by atoms with Crippen LogP contribution >= 0.6 is 23.2 Å². The van der Waals surface area contributed by atoms with Gasteiger partial charge in [0.1, 0.15) is 0 Å². The first-order chi connectivity index (χ1) is 10.1. The molecule has 110 valence electrons. The van der Waals surface area contributed by atoms with Crippen molar-refractivity contribution in [3.63, 3.8) is 0 Å². The highest BCUT2D eigenvalue weighted by atomic mass is 35.5. The Hall–Kier alpha value is -0.980. The molecule has 0 aliphatic heterocycles. The highest BCUT2D eigenvalue weighted by Crippen LogP contribution is 2.45. The topological polar surface area (TPSA) is 0 Å². The molecule has 21 heavy (non-hydrogen) atoms. The highest BCUT2D eigenvalue weighted by Gasteiger charge is 2.29. The number of benzene rings is 2. The fourth-order valence-electron chi connectivity index (χ4n) is 3.59. The average Bonchev–Trinajstić information content (AvgIpc) is 2.49. The zero-order chi connectivity index (χ0) is 15.0. The second kappa shape index (κ2) is 6.02. The third-order valence-electron chi connectivity index (χ3n) is 4.69. The predicted molar refractivity (Wildman–Crippen MR) is 91.6 cm³/mol. The smallest absolute Gasteiger partial charge is 0.0595 e. The monoisotopic (exact) mass is 318 g/mol. The minimum Gasteiger partial charge on any atom is -0.0827 e. The fourth-order valence-corrected chi connectivity index (χ4v) is 3.90. The van der Waals surface area contributed by atoms with Crippen LogP contribution in [0, 0.1) is 5.92 Å². The van der Waals surface area contributed by atoms with E-state index in [9.17, 15) is 0 Å². The fraction of sp³-hybridized carbons (Fsp3) is 0.368. The van der Waals surface area contributed by atoms with Crippen LogP contribution in [-0.2, 0) is 0 Å². The van der Waals surface area contributed by atoms with Gasteiger partial charge < -0.3 is 0 Å². The summed E-state index contributed by atoms with van der Waals surface area (Å²) in [6.45, 7) is 4.64. The molecule has 0 saturated heterocycles. The van der Waals surface area contributed by atoms with Crippen molar-refractivity contribution in [2.75, 3.05) is 0 Å². The van der Waals surface area contributed by atoms with E-state index in [0.29, 0.717) is 27.8 Å². The maximum absolute atomic E-state index is 6.21. The number of halogens is 2. The van der Waals surface area contributed by atoms with Crippen LogP contribution in [0.3, 0.4) is 0 Å². The standard InChI is InChI=1S/C19H20Cl2/c1-12(2)14-8-9-15(17-6-4-3-5-16(14)17)13-7-10-18(20)19(21)11-13/h3-7,10-12,14-15H,8-9H2,1-2H3. The van der Waals surface area contributed by atoms with Crippen molar-refractivity contribution in [2.45, 2.75) is 38.5 Å². The quantitative estimate of drug-likeness (QED) is 0.580. The van der Waals surface area contributed by atoms with Gasteiger partial charge in [-0.2, -0.15) is 0 Å². The molecule has 0 saturated carbocycles. The predicted octanol–water partition coefficient (Wildman–Crippen LogP) is 6.66. The van der Waals surface area contributed by atoms with Crippen LogP contribution < -0.4 is 0 Å². The summed E-state index contributed by atoms with van der Waals surface area (Å²) in [5.41, 5.74) is 4.25. The molecule has 0 nitrogen and oxygen atoms in total. The Morgan fingerprint density at radius 2 is 1.62 bits per heavy atom. The van der Waals surface area contributed by atoms with Gasteiger partial charge in [0.15, 0.2) is 0 Å². The van der Waals surface area contributed by atoms with Gasteiger partial charge in [-0.05, 0) is 53.5 Å². The van der Waals surface area contributed by atoms with E-state index in [0.717, 1.165) is 0 Å². The van der Waals surface area contributed by atoms with Gasteiger partial charge in [-0.3, -0.25) is 0 Å². The SMILES string of the molecule is CC(C)C1CCC(c2ccc(Cl)c(Cl)c2)c2ccccc21. The second-order valence-electron chi connectivity index (χ2n) is 6.28. The van der Waals surface area contributed by atoms with E-state index < -0.39 is 0 Å². The second-order valence-corrected chi connectivity index (χ2v) is 7.10. The molecule has 2 heteroatoms. The Labute approximate surface area is 137 Å². The molecule has 0 N–H and O–H groups in total. The van der Waals surface area contributed by atoms with E-state index in [1.54, 1.807) is 0 Å².